The molecular weight excluding hydrogens is 158 g/mol. The molecule has 0 aliphatic heterocycles. The van der Waals surface area contributed by atoms with Gasteiger partial charge in [-0.15, -0.1) is 12.3 Å². The number of hydrogen-bond acceptors (Lipinski definition) is 1. The Hall–Kier alpha value is -0.480. The summed E-state index contributed by atoms with van der Waals surface area (Å²) in [5.74, 6) is 3.45. The van der Waals surface area contributed by atoms with Crippen LogP contribution in [0.25, 0.3) is 0 Å². The lowest BCUT2D eigenvalue weighted by Crippen LogP contribution is -2.35. The lowest BCUT2D eigenvalue weighted by atomic mass is 9.95. The first-order valence-corrected chi connectivity index (χ1v) is 5.43. The molecule has 1 heteroatoms. The normalized spacial score (nSPS) is 14.9. The minimum absolute atomic E-state index is 0.612. The molecule has 2 unspecified atom stereocenters. The van der Waals surface area contributed by atoms with Gasteiger partial charge in [0.2, 0.25) is 0 Å². The Balaban J connectivity index is 3.80. The van der Waals surface area contributed by atoms with Crippen LogP contribution in [0, 0.1) is 18.3 Å². The minimum Gasteiger partial charge on any atom is -0.314 e. The molecule has 0 aliphatic carbocycles. The topological polar surface area (TPSA) is 12.0 Å². The molecule has 2 atom stereocenters. The van der Waals surface area contributed by atoms with Crippen LogP contribution in [0.5, 0.6) is 0 Å². The van der Waals surface area contributed by atoms with E-state index in [2.05, 4.69) is 32.0 Å². The van der Waals surface area contributed by atoms with Crippen molar-refractivity contribution in [2.45, 2.75) is 52.5 Å². The molecule has 0 saturated carbocycles. The number of terminal acetylenes is 1. The average Bonchev–Trinajstić information content (AvgIpc) is 2.17. The Kier molecular flexibility index (Phi) is 7.83. The number of rotatable bonds is 7. The van der Waals surface area contributed by atoms with Crippen LogP contribution < -0.4 is 5.32 Å². The predicted octanol–water partition coefficient (Wildman–Crippen LogP) is 2.81. The van der Waals surface area contributed by atoms with Crippen LogP contribution in [0.15, 0.2) is 0 Å². The molecule has 76 valence electrons. The second kappa shape index (κ2) is 8.13. The molecule has 0 heterocycles. The van der Waals surface area contributed by atoms with Crippen LogP contribution in [0.1, 0.15) is 46.5 Å². The molecule has 0 aromatic carbocycles. The van der Waals surface area contributed by atoms with Gasteiger partial charge >= 0.3 is 0 Å². The van der Waals surface area contributed by atoms with Crippen molar-refractivity contribution in [3.63, 3.8) is 0 Å². The van der Waals surface area contributed by atoms with Gasteiger partial charge in [-0.05, 0) is 25.3 Å². The van der Waals surface area contributed by atoms with Crippen LogP contribution in [0.2, 0.25) is 0 Å². The number of hydrogen-bond donors (Lipinski definition) is 1. The molecule has 0 aromatic heterocycles. The van der Waals surface area contributed by atoms with Crippen LogP contribution in [0.3, 0.4) is 0 Å². The molecule has 0 spiro atoms. The summed E-state index contributed by atoms with van der Waals surface area (Å²) in [4.78, 5) is 0. The summed E-state index contributed by atoms with van der Waals surface area (Å²) in [6.07, 6.45) is 9.71. The van der Waals surface area contributed by atoms with Crippen molar-refractivity contribution in [2.24, 2.45) is 5.92 Å². The summed E-state index contributed by atoms with van der Waals surface area (Å²) < 4.78 is 0. The Morgan fingerprint density at radius 2 is 2.08 bits per heavy atom. The largest absolute Gasteiger partial charge is 0.314 e. The van der Waals surface area contributed by atoms with Gasteiger partial charge in [0.25, 0.3) is 0 Å². The molecule has 0 aliphatic rings. The summed E-state index contributed by atoms with van der Waals surface area (Å²) in [7, 11) is 0. The van der Waals surface area contributed by atoms with Crippen LogP contribution >= 0.6 is 0 Å². The Morgan fingerprint density at radius 3 is 2.54 bits per heavy atom. The third-order valence-corrected chi connectivity index (χ3v) is 2.59. The predicted molar refractivity (Wildman–Crippen MR) is 59.6 cm³/mol. The maximum atomic E-state index is 5.27. The van der Waals surface area contributed by atoms with E-state index in [-0.39, 0.29) is 0 Å². The van der Waals surface area contributed by atoms with E-state index in [0.29, 0.717) is 6.04 Å². The van der Waals surface area contributed by atoms with Crippen LogP contribution in [0.4, 0.5) is 0 Å². The Bertz CT molecular complexity index is 146. The number of nitrogens with one attached hydrogen (secondary N) is 1. The summed E-state index contributed by atoms with van der Waals surface area (Å²) in [5.41, 5.74) is 0. The minimum atomic E-state index is 0.612. The van der Waals surface area contributed by atoms with Gasteiger partial charge in [-0.1, -0.05) is 27.2 Å². The van der Waals surface area contributed by atoms with Crippen molar-refractivity contribution in [1.29, 1.82) is 0 Å². The van der Waals surface area contributed by atoms with Crippen molar-refractivity contribution in [1.82, 2.24) is 5.32 Å². The highest BCUT2D eigenvalue weighted by Crippen LogP contribution is 2.12. The Labute approximate surface area is 83.3 Å². The van der Waals surface area contributed by atoms with Crippen molar-refractivity contribution in [3.8, 4) is 12.3 Å². The first-order chi connectivity index (χ1) is 6.26. The van der Waals surface area contributed by atoms with E-state index in [1.165, 1.54) is 12.8 Å². The fourth-order valence-corrected chi connectivity index (χ4v) is 1.44. The van der Waals surface area contributed by atoms with Gasteiger partial charge in [-0.25, -0.2) is 0 Å². The zero-order valence-electron chi connectivity index (χ0n) is 9.27. The molecule has 1 nitrogen and oxygen atoms in total. The van der Waals surface area contributed by atoms with Gasteiger partial charge in [-0.3, -0.25) is 0 Å². The van der Waals surface area contributed by atoms with Crippen LogP contribution in [-0.4, -0.2) is 12.6 Å². The molecule has 1 N–H and O–H groups in total. The highest BCUT2D eigenvalue weighted by atomic mass is 14.9. The van der Waals surface area contributed by atoms with E-state index in [9.17, 15) is 0 Å². The monoisotopic (exact) mass is 181 g/mol. The summed E-state index contributed by atoms with van der Waals surface area (Å²) >= 11 is 0. The maximum Gasteiger partial charge on any atom is 0.0102 e. The summed E-state index contributed by atoms with van der Waals surface area (Å²) in [6.45, 7) is 7.84. The summed E-state index contributed by atoms with van der Waals surface area (Å²) in [5, 5.41) is 3.56. The van der Waals surface area contributed by atoms with Crippen molar-refractivity contribution in [2.75, 3.05) is 6.54 Å². The quantitative estimate of drug-likeness (QED) is 0.596. The van der Waals surface area contributed by atoms with Gasteiger partial charge in [0.1, 0.15) is 0 Å². The van der Waals surface area contributed by atoms with Crippen molar-refractivity contribution >= 4 is 0 Å². The molecule has 0 radical (unpaired) electrons. The smallest absolute Gasteiger partial charge is 0.0102 e. The van der Waals surface area contributed by atoms with Crippen molar-refractivity contribution < 1.29 is 0 Å². The zero-order chi connectivity index (χ0) is 10.1. The highest BCUT2D eigenvalue weighted by Gasteiger charge is 2.13. The van der Waals surface area contributed by atoms with Gasteiger partial charge in [0.15, 0.2) is 0 Å². The molecule has 0 bridgehead atoms. The van der Waals surface area contributed by atoms with Crippen molar-refractivity contribution in [3.05, 3.63) is 0 Å². The average molecular weight is 181 g/mol. The summed E-state index contributed by atoms with van der Waals surface area (Å²) in [6, 6.07) is 0.612. The second-order valence-corrected chi connectivity index (χ2v) is 3.69. The van der Waals surface area contributed by atoms with Gasteiger partial charge in [0, 0.05) is 12.5 Å². The first-order valence-electron chi connectivity index (χ1n) is 5.43. The van der Waals surface area contributed by atoms with E-state index in [1.54, 1.807) is 0 Å². The van der Waals surface area contributed by atoms with E-state index in [4.69, 9.17) is 6.42 Å². The molecule has 0 saturated heterocycles. The molecule has 0 fully saturated rings. The molecule has 0 amide bonds. The van der Waals surface area contributed by atoms with Gasteiger partial charge in [0.05, 0.1) is 0 Å². The van der Waals surface area contributed by atoms with Gasteiger partial charge in [-0.2, -0.15) is 0 Å². The fraction of sp³-hybridized carbons (Fsp3) is 0.833. The SMILES string of the molecule is C#CCCC(NCCC)C(C)CC. The standard InChI is InChI=1S/C12H23N/c1-5-8-9-12(11(4)7-3)13-10-6-2/h1,11-13H,6-10H2,2-4H3. The Morgan fingerprint density at radius 1 is 1.38 bits per heavy atom. The first kappa shape index (κ1) is 12.5. The fourth-order valence-electron chi connectivity index (χ4n) is 1.44. The molecule has 0 rings (SSSR count). The second-order valence-electron chi connectivity index (χ2n) is 3.69. The van der Waals surface area contributed by atoms with E-state index < -0.39 is 0 Å². The zero-order valence-corrected chi connectivity index (χ0v) is 9.27. The van der Waals surface area contributed by atoms with E-state index in [0.717, 1.165) is 25.3 Å². The third kappa shape index (κ3) is 5.71. The molecule has 0 aromatic rings. The van der Waals surface area contributed by atoms with E-state index >= 15 is 0 Å². The maximum absolute atomic E-state index is 5.27. The van der Waals surface area contributed by atoms with Gasteiger partial charge < -0.3 is 5.32 Å². The lowest BCUT2D eigenvalue weighted by molar-refractivity contribution is 0.351. The highest BCUT2D eigenvalue weighted by molar-refractivity contribution is 4.86. The lowest BCUT2D eigenvalue weighted by Gasteiger charge is -2.23. The van der Waals surface area contributed by atoms with Crippen LogP contribution in [-0.2, 0) is 0 Å². The molecule has 13 heavy (non-hydrogen) atoms. The van der Waals surface area contributed by atoms with E-state index in [1.807, 2.05) is 0 Å². The third-order valence-electron chi connectivity index (χ3n) is 2.59. The molecular formula is C12H23N.